The van der Waals surface area contributed by atoms with Gasteiger partial charge in [-0.05, 0) is 52.2 Å². The fourth-order valence-electron chi connectivity index (χ4n) is 2.34. The molecule has 1 aliphatic carbocycles. The molecule has 2 heterocycles. The topological polar surface area (TPSA) is 37.8 Å². The van der Waals surface area contributed by atoms with Crippen LogP contribution < -0.4 is 5.32 Å². The van der Waals surface area contributed by atoms with Gasteiger partial charge in [0, 0.05) is 40.8 Å². The molecule has 0 aromatic carbocycles. The van der Waals surface area contributed by atoms with E-state index in [1.54, 1.807) is 0 Å². The van der Waals surface area contributed by atoms with Gasteiger partial charge in [-0.25, -0.2) is 4.98 Å². The maximum atomic E-state index is 4.95. The molecule has 0 radical (unpaired) electrons. The number of hydrogen-bond donors (Lipinski definition) is 1. The summed E-state index contributed by atoms with van der Waals surface area (Å²) in [7, 11) is 0. The fraction of sp³-hybridized carbons (Fsp3) is 0.529. The van der Waals surface area contributed by atoms with E-state index in [4.69, 9.17) is 4.98 Å². The van der Waals surface area contributed by atoms with Crippen molar-refractivity contribution in [2.75, 3.05) is 0 Å². The number of thiazole rings is 1. The van der Waals surface area contributed by atoms with Crippen LogP contribution in [0.4, 0.5) is 0 Å². The van der Waals surface area contributed by atoms with E-state index in [1.807, 2.05) is 23.7 Å². The second-order valence-electron chi connectivity index (χ2n) is 6.90. The van der Waals surface area contributed by atoms with Crippen molar-refractivity contribution in [1.82, 2.24) is 15.3 Å². The van der Waals surface area contributed by atoms with Crippen molar-refractivity contribution in [2.45, 2.75) is 58.5 Å². The molecule has 0 unspecified atom stereocenters. The van der Waals surface area contributed by atoms with Crippen LogP contribution in [0, 0.1) is 6.92 Å². The van der Waals surface area contributed by atoms with Crippen LogP contribution in [0.5, 0.6) is 0 Å². The van der Waals surface area contributed by atoms with Gasteiger partial charge in [-0.3, -0.25) is 4.98 Å². The Labute approximate surface area is 130 Å². The summed E-state index contributed by atoms with van der Waals surface area (Å²) in [5.41, 5.74) is 3.88. The molecule has 1 N–H and O–H groups in total. The van der Waals surface area contributed by atoms with Crippen LogP contribution in [-0.2, 0) is 6.54 Å². The van der Waals surface area contributed by atoms with Crippen molar-refractivity contribution in [3.05, 3.63) is 34.6 Å². The summed E-state index contributed by atoms with van der Waals surface area (Å²) >= 11 is 1.83. The van der Waals surface area contributed by atoms with E-state index in [-0.39, 0.29) is 5.54 Å². The van der Waals surface area contributed by atoms with Crippen molar-refractivity contribution in [1.29, 1.82) is 0 Å². The molecule has 0 atom stereocenters. The molecule has 1 saturated carbocycles. The van der Waals surface area contributed by atoms with E-state index < -0.39 is 0 Å². The molecule has 0 saturated heterocycles. The predicted octanol–water partition coefficient (Wildman–Crippen LogP) is 4.28. The highest BCUT2D eigenvalue weighted by Crippen LogP contribution is 2.44. The zero-order chi connectivity index (χ0) is 15.0. The van der Waals surface area contributed by atoms with E-state index in [1.165, 1.54) is 34.5 Å². The van der Waals surface area contributed by atoms with Gasteiger partial charge in [-0.2, -0.15) is 0 Å². The van der Waals surface area contributed by atoms with Gasteiger partial charge < -0.3 is 5.32 Å². The van der Waals surface area contributed by atoms with Gasteiger partial charge in [0.25, 0.3) is 0 Å². The Hall–Kier alpha value is -1.26. The maximum Gasteiger partial charge on any atom is 0.124 e. The van der Waals surface area contributed by atoms with Crippen LogP contribution in [0.3, 0.4) is 0 Å². The summed E-state index contributed by atoms with van der Waals surface area (Å²) < 4.78 is 0. The first kappa shape index (κ1) is 14.7. The molecule has 0 amide bonds. The standard InChI is InChI=1S/C17H23N3S/c1-11-9-18-8-7-13(11)16-20-15(12-5-6-12)14(21-16)10-19-17(2,3)4/h7-9,12,19H,5-6,10H2,1-4H3. The summed E-state index contributed by atoms with van der Waals surface area (Å²) in [4.78, 5) is 10.5. The van der Waals surface area contributed by atoms with Crippen molar-refractivity contribution in [2.24, 2.45) is 0 Å². The predicted molar refractivity (Wildman–Crippen MR) is 88.6 cm³/mol. The third kappa shape index (κ3) is 3.50. The zero-order valence-electron chi connectivity index (χ0n) is 13.2. The lowest BCUT2D eigenvalue weighted by Gasteiger charge is -2.20. The third-order valence-electron chi connectivity index (χ3n) is 3.72. The molecule has 0 bridgehead atoms. The van der Waals surface area contributed by atoms with Crippen LogP contribution in [0.15, 0.2) is 18.5 Å². The minimum absolute atomic E-state index is 0.136. The molecule has 2 aromatic heterocycles. The van der Waals surface area contributed by atoms with E-state index in [0.717, 1.165) is 11.6 Å². The molecule has 1 fully saturated rings. The average Bonchev–Trinajstić information content (AvgIpc) is 3.17. The molecule has 4 heteroatoms. The summed E-state index contributed by atoms with van der Waals surface area (Å²) in [5, 5.41) is 4.74. The second kappa shape index (κ2) is 5.50. The minimum atomic E-state index is 0.136. The lowest BCUT2D eigenvalue weighted by Crippen LogP contribution is -2.35. The Morgan fingerprint density at radius 1 is 1.33 bits per heavy atom. The lowest BCUT2D eigenvalue weighted by atomic mass is 10.1. The first-order chi connectivity index (χ1) is 9.94. The number of aryl methyl sites for hydroxylation is 1. The van der Waals surface area contributed by atoms with Gasteiger partial charge in [0.05, 0.1) is 5.69 Å². The van der Waals surface area contributed by atoms with Crippen molar-refractivity contribution in [3.8, 4) is 10.6 Å². The molecule has 2 aromatic rings. The molecular formula is C17H23N3S. The number of aromatic nitrogens is 2. The van der Waals surface area contributed by atoms with Crippen LogP contribution in [0.1, 0.15) is 55.7 Å². The largest absolute Gasteiger partial charge is 0.307 e. The summed E-state index contributed by atoms with van der Waals surface area (Å²) in [6.45, 7) is 9.64. The number of nitrogens with one attached hydrogen (secondary N) is 1. The Bertz CT molecular complexity index is 636. The quantitative estimate of drug-likeness (QED) is 0.916. The number of nitrogens with zero attached hydrogens (tertiary/aromatic N) is 2. The molecule has 0 aliphatic heterocycles. The molecule has 0 spiro atoms. The van der Waals surface area contributed by atoms with Crippen molar-refractivity contribution >= 4 is 11.3 Å². The first-order valence-corrected chi connectivity index (χ1v) is 8.41. The van der Waals surface area contributed by atoms with E-state index >= 15 is 0 Å². The highest BCUT2D eigenvalue weighted by Gasteiger charge is 2.30. The summed E-state index contributed by atoms with van der Waals surface area (Å²) in [5.74, 6) is 0.689. The Balaban J connectivity index is 1.91. The Morgan fingerprint density at radius 2 is 2.10 bits per heavy atom. The minimum Gasteiger partial charge on any atom is -0.307 e. The van der Waals surface area contributed by atoms with Gasteiger partial charge in [0.2, 0.25) is 0 Å². The highest BCUT2D eigenvalue weighted by molar-refractivity contribution is 7.15. The van der Waals surface area contributed by atoms with E-state index in [0.29, 0.717) is 5.92 Å². The van der Waals surface area contributed by atoms with E-state index in [9.17, 15) is 0 Å². The van der Waals surface area contributed by atoms with Crippen LogP contribution in [0.25, 0.3) is 10.6 Å². The second-order valence-corrected chi connectivity index (χ2v) is 7.98. The molecule has 3 rings (SSSR count). The van der Waals surface area contributed by atoms with E-state index in [2.05, 4.69) is 44.1 Å². The lowest BCUT2D eigenvalue weighted by molar-refractivity contribution is 0.425. The Morgan fingerprint density at radius 3 is 2.71 bits per heavy atom. The molecular weight excluding hydrogens is 278 g/mol. The van der Waals surface area contributed by atoms with Gasteiger partial charge in [-0.1, -0.05) is 0 Å². The smallest absolute Gasteiger partial charge is 0.124 e. The summed E-state index contributed by atoms with van der Waals surface area (Å²) in [6, 6.07) is 2.08. The fourth-order valence-corrected chi connectivity index (χ4v) is 3.52. The molecule has 1 aliphatic rings. The highest BCUT2D eigenvalue weighted by atomic mass is 32.1. The van der Waals surface area contributed by atoms with Crippen molar-refractivity contribution in [3.63, 3.8) is 0 Å². The van der Waals surface area contributed by atoms with Crippen LogP contribution in [0.2, 0.25) is 0 Å². The van der Waals surface area contributed by atoms with Gasteiger partial charge in [0.15, 0.2) is 0 Å². The third-order valence-corrected chi connectivity index (χ3v) is 4.83. The van der Waals surface area contributed by atoms with Gasteiger partial charge >= 0.3 is 0 Å². The molecule has 3 nitrogen and oxygen atoms in total. The SMILES string of the molecule is Cc1cnccc1-c1nc(C2CC2)c(CNC(C)(C)C)s1. The zero-order valence-corrected chi connectivity index (χ0v) is 14.0. The maximum absolute atomic E-state index is 4.95. The monoisotopic (exact) mass is 301 g/mol. The van der Waals surface area contributed by atoms with Gasteiger partial charge in [-0.15, -0.1) is 11.3 Å². The molecule has 21 heavy (non-hydrogen) atoms. The Kier molecular flexibility index (Phi) is 3.84. The van der Waals surface area contributed by atoms with Crippen LogP contribution >= 0.6 is 11.3 Å². The summed E-state index contributed by atoms with van der Waals surface area (Å²) in [6.07, 6.45) is 6.36. The van der Waals surface area contributed by atoms with Gasteiger partial charge in [0.1, 0.15) is 5.01 Å². The number of hydrogen-bond acceptors (Lipinski definition) is 4. The first-order valence-electron chi connectivity index (χ1n) is 7.59. The number of rotatable bonds is 4. The van der Waals surface area contributed by atoms with Crippen LogP contribution in [-0.4, -0.2) is 15.5 Å². The van der Waals surface area contributed by atoms with Crippen molar-refractivity contribution < 1.29 is 0 Å². The molecule has 112 valence electrons. The normalized spacial score (nSPS) is 15.4. The average molecular weight is 301 g/mol. The number of pyridine rings is 1.